The molecule has 0 unspecified atom stereocenters. The van der Waals surface area contributed by atoms with E-state index in [1.807, 2.05) is 35.8 Å². The van der Waals surface area contributed by atoms with Crippen LogP contribution in [0.25, 0.3) is 0 Å². The fourth-order valence-corrected chi connectivity index (χ4v) is 5.33. The van der Waals surface area contributed by atoms with Crippen LogP contribution in [0.4, 0.5) is 10.1 Å². The zero-order chi connectivity index (χ0) is 20.8. The molecule has 2 fully saturated rings. The van der Waals surface area contributed by atoms with Gasteiger partial charge in [0.2, 0.25) is 5.91 Å². The van der Waals surface area contributed by atoms with Gasteiger partial charge in [-0.1, -0.05) is 6.07 Å². The molecular weight excluding hydrogens is 367 g/mol. The quantitative estimate of drug-likeness (QED) is 0.788. The molecule has 0 radical (unpaired) electrons. The normalized spacial score (nSPS) is 23.3. The van der Waals surface area contributed by atoms with Crippen LogP contribution in [0.5, 0.6) is 0 Å². The number of nitrogens with zero attached hydrogens (tertiary/aromatic N) is 4. The van der Waals surface area contributed by atoms with E-state index < -0.39 is 0 Å². The molecule has 2 saturated heterocycles. The van der Waals surface area contributed by atoms with Crippen molar-refractivity contribution in [2.24, 2.45) is 13.0 Å². The maximum atomic E-state index is 13.8. The van der Waals surface area contributed by atoms with Gasteiger partial charge in [-0.25, -0.2) is 4.39 Å². The standard InChI is InChI=1S/C23H31FN4O/c1-16-17(14-25-26(16)4)8-9-22(29)27-11-10-21-18(15-27)13-23(2,3)28(21)20-7-5-6-19(24)12-20/h5-7,12,14,18,21H,8-11,13,15H2,1-4H3/t18-,21+/m1/s1. The van der Waals surface area contributed by atoms with Gasteiger partial charge in [-0.2, -0.15) is 5.10 Å². The van der Waals surface area contributed by atoms with Gasteiger partial charge < -0.3 is 9.80 Å². The largest absolute Gasteiger partial charge is 0.363 e. The number of benzene rings is 1. The minimum Gasteiger partial charge on any atom is -0.363 e. The van der Waals surface area contributed by atoms with Gasteiger partial charge in [0.25, 0.3) is 0 Å². The zero-order valence-electron chi connectivity index (χ0n) is 17.9. The summed E-state index contributed by atoms with van der Waals surface area (Å²) >= 11 is 0. The van der Waals surface area contributed by atoms with Crippen molar-refractivity contribution in [2.45, 2.75) is 58.0 Å². The van der Waals surface area contributed by atoms with Crippen molar-refractivity contribution in [3.05, 3.63) is 47.5 Å². The van der Waals surface area contributed by atoms with E-state index in [2.05, 4.69) is 23.8 Å². The predicted octanol–water partition coefficient (Wildman–Crippen LogP) is 3.71. The topological polar surface area (TPSA) is 41.4 Å². The number of hydrogen-bond donors (Lipinski definition) is 0. The maximum absolute atomic E-state index is 13.8. The van der Waals surface area contributed by atoms with Gasteiger partial charge >= 0.3 is 0 Å². The van der Waals surface area contributed by atoms with Gasteiger partial charge in [0, 0.05) is 49.5 Å². The van der Waals surface area contributed by atoms with Crippen molar-refractivity contribution in [1.29, 1.82) is 0 Å². The van der Waals surface area contributed by atoms with E-state index in [4.69, 9.17) is 0 Å². The summed E-state index contributed by atoms with van der Waals surface area (Å²) in [6.45, 7) is 8.07. The Morgan fingerprint density at radius 1 is 1.34 bits per heavy atom. The molecule has 156 valence electrons. The van der Waals surface area contributed by atoms with E-state index in [-0.39, 0.29) is 17.3 Å². The summed E-state index contributed by atoms with van der Waals surface area (Å²) in [6.07, 6.45) is 5.08. The first-order valence-corrected chi connectivity index (χ1v) is 10.6. The lowest BCUT2D eigenvalue weighted by Crippen LogP contribution is -2.50. The van der Waals surface area contributed by atoms with Crippen molar-refractivity contribution >= 4 is 11.6 Å². The average Bonchev–Trinajstić information content (AvgIpc) is 3.13. The maximum Gasteiger partial charge on any atom is 0.222 e. The minimum absolute atomic E-state index is 0.0466. The molecular formula is C23H31FN4O. The van der Waals surface area contributed by atoms with Crippen molar-refractivity contribution in [1.82, 2.24) is 14.7 Å². The highest BCUT2D eigenvalue weighted by molar-refractivity contribution is 5.76. The fraction of sp³-hybridized carbons (Fsp3) is 0.565. The summed E-state index contributed by atoms with van der Waals surface area (Å²) in [6, 6.07) is 7.28. The Balaban J connectivity index is 1.42. The molecule has 4 rings (SSSR count). The monoisotopic (exact) mass is 398 g/mol. The number of hydrogen-bond acceptors (Lipinski definition) is 3. The number of amides is 1. The van der Waals surface area contributed by atoms with Crippen LogP contribution < -0.4 is 4.90 Å². The van der Waals surface area contributed by atoms with Gasteiger partial charge in [-0.15, -0.1) is 0 Å². The lowest BCUT2D eigenvalue weighted by molar-refractivity contribution is -0.133. The van der Waals surface area contributed by atoms with E-state index >= 15 is 0 Å². The summed E-state index contributed by atoms with van der Waals surface area (Å²) < 4.78 is 15.7. The smallest absolute Gasteiger partial charge is 0.222 e. The van der Waals surface area contributed by atoms with E-state index in [9.17, 15) is 9.18 Å². The summed E-state index contributed by atoms with van der Waals surface area (Å²) in [5.41, 5.74) is 3.18. The van der Waals surface area contributed by atoms with Crippen molar-refractivity contribution < 1.29 is 9.18 Å². The Hall–Kier alpha value is -2.37. The summed E-state index contributed by atoms with van der Waals surface area (Å²) in [5.74, 6) is 0.458. The molecule has 2 aromatic rings. The molecule has 1 aromatic heterocycles. The van der Waals surface area contributed by atoms with E-state index in [1.54, 1.807) is 12.1 Å². The Labute approximate surface area is 172 Å². The number of rotatable bonds is 4. The third kappa shape index (κ3) is 3.77. The highest BCUT2D eigenvalue weighted by Gasteiger charge is 2.48. The van der Waals surface area contributed by atoms with Gasteiger partial charge in [0.15, 0.2) is 0 Å². The second-order valence-electron chi connectivity index (χ2n) is 9.20. The molecule has 2 aliphatic rings. The highest BCUT2D eigenvalue weighted by Crippen LogP contribution is 2.44. The number of aromatic nitrogens is 2. The van der Waals surface area contributed by atoms with Crippen LogP contribution in [0.15, 0.2) is 30.5 Å². The van der Waals surface area contributed by atoms with Crippen molar-refractivity contribution in [3.63, 3.8) is 0 Å². The lowest BCUT2D eigenvalue weighted by atomic mass is 9.89. The first-order valence-electron chi connectivity index (χ1n) is 10.6. The number of carbonyl (C=O) groups excluding carboxylic acids is 1. The van der Waals surface area contributed by atoms with Gasteiger partial charge in [0.05, 0.1) is 6.20 Å². The molecule has 0 bridgehead atoms. The summed E-state index contributed by atoms with van der Waals surface area (Å²) in [4.78, 5) is 17.3. The number of anilines is 1. The third-order valence-electron chi connectivity index (χ3n) is 6.82. The van der Waals surface area contributed by atoms with Crippen LogP contribution in [0.2, 0.25) is 0 Å². The first kappa shape index (κ1) is 19.9. The van der Waals surface area contributed by atoms with Crippen LogP contribution in [-0.4, -0.2) is 45.3 Å². The SMILES string of the molecule is Cc1c(CCC(=O)N2CC[C@H]3[C@@H](C2)CC(C)(C)N3c2cccc(F)c2)cnn1C. The Kier molecular flexibility index (Phi) is 5.13. The Morgan fingerprint density at radius 2 is 2.14 bits per heavy atom. The van der Waals surface area contributed by atoms with Gasteiger partial charge in [0.1, 0.15) is 5.82 Å². The molecule has 1 aromatic carbocycles. The highest BCUT2D eigenvalue weighted by atomic mass is 19.1. The van der Waals surface area contributed by atoms with Crippen LogP contribution in [0, 0.1) is 18.7 Å². The number of carbonyl (C=O) groups is 1. The molecule has 0 N–H and O–H groups in total. The predicted molar refractivity (Wildman–Crippen MR) is 112 cm³/mol. The van der Waals surface area contributed by atoms with Crippen LogP contribution in [-0.2, 0) is 18.3 Å². The van der Waals surface area contributed by atoms with E-state index in [0.29, 0.717) is 18.4 Å². The Bertz CT molecular complexity index is 906. The molecule has 1 amide bonds. The number of fused-ring (bicyclic) bond motifs is 1. The lowest BCUT2D eigenvalue weighted by Gasteiger charge is -2.42. The molecule has 29 heavy (non-hydrogen) atoms. The van der Waals surface area contributed by atoms with Gasteiger partial charge in [-0.3, -0.25) is 9.48 Å². The Morgan fingerprint density at radius 3 is 2.83 bits per heavy atom. The van der Waals surface area contributed by atoms with Crippen molar-refractivity contribution in [3.8, 4) is 0 Å². The second-order valence-corrected chi connectivity index (χ2v) is 9.20. The van der Waals surface area contributed by atoms with E-state index in [0.717, 1.165) is 49.3 Å². The van der Waals surface area contributed by atoms with E-state index in [1.165, 1.54) is 6.07 Å². The zero-order valence-corrected chi connectivity index (χ0v) is 17.9. The molecule has 3 heterocycles. The van der Waals surface area contributed by atoms with Crippen molar-refractivity contribution in [2.75, 3.05) is 18.0 Å². The number of halogens is 1. The van der Waals surface area contributed by atoms with Crippen LogP contribution in [0.3, 0.4) is 0 Å². The number of piperidine rings is 1. The molecule has 6 heteroatoms. The van der Waals surface area contributed by atoms with Gasteiger partial charge in [-0.05, 0) is 69.7 Å². The summed E-state index contributed by atoms with van der Waals surface area (Å²) in [5, 5.41) is 4.27. The third-order valence-corrected chi connectivity index (χ3v) is 6.82. The first-order chi connectivity index (χ1) is 13.8. The molecule has 2 aliphatic heterocycles. The second kappa shape index (κ2) is 7.47. The minimum atomic E-state index is -0.194. The molecule has 2 atom stereocenters. The summed E-state index contributed by atoms with van der Waals surface area (Å²) in [7, 11) is 1.93. The number of likely N-dealkylation sites (tertiary alicyclic amines) is 1. The number of aryl methyl sites for hydroxylation is 2. The molecule has 0 saturated carbocycles. The molecule has 0 spiro atoms. The average molecular weight is 399 g/mol. The molecule has 0 aliphatic carbocycles. The molecule has 5 nitrogen and oxygen atoms in total. The fourth-order valence-electron chi connectivity index (χ4n) is 5.33. The van der Waals surface area contributed by atoms with Crippen LogP contribution >= 0.6 is 0 Å². The van der Waals surface area contributed by atoms with Crippen LogP contribution in [0.1, 0.15) is 44.4 Å².